The number of nitrogens with zero attached hydrogens (tertiary/aromatic N) is 2. The molecule has 0 aliphatic carbocycles. The van der Waals surface area contributed by atoms with Crippen molar-refractivity contribution in [1.29, 1.82) is 0 Å². The molecule has 0 N–H and O–H groups in total. The lowest BCUT2D eigenvalue weighted by Gasteiger charge is -2.14. The molecule has 0 saturated heterocycles. The monoisotopic (exact) mass is 450 g/mol. The van der Waals surface area contributed by atoms with Crippen molar-refractivity contribution in [2.24, 2.45) is 0 Å². The number of benzene rings is 3. The van der Waals surface area contributed by atoms with Gasteiger partial charge in [-0.2, -0.15) is 0 Å². The Kier molecular flexibility index (Phi) is 6.23. The number of methoxy groups -OCH3 is 2. The van der Waals surface area contributed by atoms with Gasteiger partial charge in [-0.15, -0.1) is 0 Å². The van der Waals surface area contributed by atoms with Crippen LogP contribution in [0.1, 0.15) is 10.4 Å². The number of Topliss-reactive ketones (excluding diaryl/α,β-unsaturated/α-hetero) is 1. The molecule has 0 atom stereocenters. The summed E-state index contributed by atoms with van der Waals surface area (Å²) in [6, 6.07) is 17.5. The minimum atomic E-state index is -0.411. The number of aromatic nitrogens is 2. The van der Waals surface area contributed by atoms with Gasteiger partial charge >= 0.3 is 0 Å². The van der Waals surface area contributed by atoms with Crippen molar-refractivity contribution in [2.45, 2.75) is 5.16 Å². The third kappa shape index (κ3) is 4.22. The molecule has 8 heteroatoms. The number of carbonyl (C=O) groups is 1. The largest absolute Gasteiger partial charge is 0.497 e. The molecule has 0 radical (unpaired) electrons. The van der Waals surface area contributed by atoms with Crippen molar-refractivity contribution in [1.82, 2.24) is 9.55 Å². The summed E-state index contributed by atoms with van der Waals surface area (Å²) in [6.07, 6.45) is 0. The van der Waals surface area contributed by atoms with Gasteiger partial charge in [0.1, 0.15) is 17.3 Å². The van der Waals surface area contributed by atoms with Crippen LogP contribution in [0, 0.1) is 5.82 Å². The first-order valence-corrected chi connectivity index (χ1v) is 10.7. The van der Waals surface area contributed by atoms with Crippen molar-refractivity contribution in [3.05, 3.63) is 88.5 Å². The topological polar surface area (TPSA) is 70.4 Å². The lowest BCUT2D eigenvalue weighted by Crippen LogP contribution is -2.22. The molecule has 4 rings (SSSR count). The number of halogens is 1. The van der Waals surface area contributed by atoms with E-state index in [9.17, 15) is 14.0 Å². The Labute approximate surface area is 187 Å². The molecule has 1 aromatic heterocycles. The van der Waals surface area contributed by atoms with E-state index in [0.29, 0.717) is 38.8 Å². The van der Waals surface area contributed by atoms with Crippen molar-refractivity contribution in [3.8, 4) is 17.2 Å². The zero-order chi connectivity index (χ0) is 22.7. The maximum atomic E-state index is 13.4. The van der Waals surface area contributed by atoms with Gasteiger partial charge in [-0.05, 0) is 48.5 Å². The SMILES string of the molecule is COc1ccc(C(=O)CSc2nc3ccccc3c(=O)n2-c2ccc(F)cc2)c(OC)c1. The van der Waals surface area contributed by atoms with E-state index >= 15 is 0 Å². The van der Waals surface area contributed by atoms with Gasteiger partial charge in [-0.3, -0.25) is 14.2 Å². The molecular weight excluding hydrogens is 431 g/mol. The fourth-order valence-corrected chi connectivity index (χ4v) is 4.16. The summed E-state index contributed by atoms with van der Waals surface area (Å²) < 4.78 is 25.3. The smallest absolute Gasteiger partial charge is 0.266 e. The molecule has 0 aliphatic rings. The van der Waals surface area contributed by atoms with Crippen LogP contribution in [0.15, 0.2) is 76.7 Å². The second-order valence-electron chi connectivity index (χ2n) is 6.81. The number of carbonyl (C=O) groups excluding carboxylic acids is 1. The van der Waals surface area contributed by atoms with Crippen LogP contribution < -0.4 is 15.0 Å². The number of ether oxygens (including phenoxy) is 2. The van der Waals surface area contributed by atoms with Gasteiger partial charge in [-0.1, -0.05) is 23.9 Å². The fourth-order valence-electron chi connectivity index (χ4n) is 3.26. The van der Waals surface area contributed by atoms with Gasteiger partial charge in [-0.25, -0.2) is 9.37 Å². The normalized spacial score (nSPS) is 10.8. The first-order chi connectivity index (χ1) is 15.5. The quantitative estimate of drug-likeness (QED) is 0.234. The molecule has 1 heterocycles. The van der Waals surface area contributed by atoms with Gasteiger partial charge in [0.05, 0.1) is 42.1 Å². The Hall–Kier alpha value is -3.65. The third-order valence-electron chi connectivity index (χ3n) is 4.87. The molecule has 32 heavy (non-hydrogen) atoms. The van der Waals surface area contributed by atoms with Crippen LogP contribution in [-0.2, 0) is 0 Å². The number of ketones is 1. The summed E-state index contributed by atoms with van der Waals surface area (Å²) in [5, 5.41) is 0.769. The predicted molar refractivity (Wildman–Crippen MR) is 122 cm³/mol. The standard InChI is InChI=1S/C24H19FN2O4S/c1-30-17-11-12-19(22(13-17)31-2)21(28)14-32-24-26-20-6-4-3-5-18(20)23(29)27(24)16-9-7-15(25)8-10-16/h3-13H,14H2,1-2H3. The van der Waals surface area contributed by atoms with E-state index in [1.54, 1.807) is 42.5 Å². The van der Waals surface area contributed by atoms with Crippen LogP contribution in [-0.4, -0.2) is 35.3 Å². The van der Waals surface area contributed by atoms with Gasteiger partial charge < -0.3 is 9.47 Å². The van der Waals surface area contributed by atoms with Crippen molar-refractivity contribution >= 4 is 28.4 Å². The fraction of sp³-hybridized carbons (Fsp3) is 0.125. The Morgan fingerprint density at radius 2 is 1.78 bits per heavy atom. The summed E-state index contributed by atoms with van der Waals surface area (Å²) in [5.74, 6) is 0.396. The number of para-hydroxylation sites is 1. The molecule has 162 valence electrons. The van der Waals surface area contributed by atoms with Crippen LogP contribution in [0.4, 0.5) is 4.39 Å². The van der Waals surface area contributed by atoms with E-state index < -0.39 is 5.82 Å². The molecule has 3 aromatic carbocycles. The van der Waals surface area contributed by atoms with E-state index in [2.05, 4.69) is 4.98 Å². The maximum absolute atomic E-state index is 13.4. The molecule has 0 fully saturated rings. The van der Waals surface area contributed by atoms with E-state index in [1.807, 2.05) is 0 Å². The van der Waals surface area contributed by atoms with Crippen LogP contribution in [0.5, 0.6) is 11.5 Å². The number of hydrogen-bond donors (Lipinski definition) is 0. The molecule has 0 unspecified atom stereocenters. The van der Waals surface area contributed by atoms with Crippen LogP contribution in [0.3, 0.4) is 0 Å². The van der Waals surface area contributed by atoms with E-state index in [-0.39, 0.29) is 17.1 Å². The van der Waals surface area contributed by atoms with Gasteiger partial charge in [0.2, 0.25) is 0 Å². The van der Waals surface area contributed by atoms with Crippen LogP contribution >= 0.6 is 11.8 Å². The van der Waals surface area contributed by atoms with Crippen LogP contribution in [0.2, 0.25) is 0 Å². The average molecular weight is 450 g/mol. The van der Waals surface area contributed by atoms with Crippen LogP contribution in [0.25, 0.3) is 16.6 Å². The third-order valence-corrected chi connectivity index (χ3v) is 5.81. The van der Waals surface area contributed by atoms with E-state index in [1.165, 1.54) is 43.1 Å². The molecule has 4 aromatic rings. The molecule has 0 amide bonds. The van der Waals surface area contributed by atoms with E-state index in [0.717, 1.165) is 11.8 Å². The predicted octanol–water partition coefficient (Wildman–Crippen LogP) is 4.52. The second kappa shape index (κ2) is 9.23. The minimum Gasteiger partial charge on any atom is -0.497 e. The Morgan fingerprint density at radius 1 is 1.03 bits per heavy atom. The van der Waals surface area contributed by atoms with Gasteiger partial charge in [0.15, 0.2) is 10.9 Å². The Morgan fingerprint density at radius 3 is 2.50 bits per heavy atom. The first kappa shape index (κ1) is 21.6. The van der Waals surface area contributed by atoms with Crippen molar-refractivity contribution < 1.29 is 18.7 Å². The zero-order valence-electron chi connectivity index (χ0n) is 17.4. The highest BCUT2D eigenvalue weighted by Gasteiger charge is 2.18. The highest BCUT2D eigenvalue weighted by atomic mass is 32.2. The maximum Gasteiger partial charge on any atom is 0.266 e. The minimum absolute atomic E-state index is 0.0225. The van der Waals surface area contributed by atoms with E-state index in [4.69, 9.17) is 9.47 Å². The Balaban J connectivity index is 1.73. The summed E-state index contributed by atoms with van der Waals surface area (Å²) in [6.45, 7) is 0. The van der Waals surface area contributed by atoms with Gasteiger partial charge in [0.25, 0.3) is 5.56 Å². The zero-order valence-corrected chi connectivity index (χ0v) is 18.2. The summed E-state index contributed by atoms with van der Waals surface area (Å²) in [7, 11) is 3.02. The van der Waals surface area contributed by atoms with Crippen molar-refractivity contribution in [2.75, 3.05) is 20.0 Å². The highest BCUT2D eigenvalue weighted by molar-refractivity contribution is 7.99. The summed E-state index contributed by atoms with van der Waals surface area (Å²) in [4.78, 5) is 30.7. The number of thioether (sulfide) groups is 1. The lowest BCUT2D eigenvalue weighted by molar-refractivity contribution is 0.101. The summed E-state index contributed by atoms with van der Waals surface area (Å²) in [5.41, 5.74) is 1.09. The molecular formula is C24H19FN2O4S. The number of rotatable bonds is 7. The molecule has 0 saturated carbocycles. The molecule has 0 aliphatic heterocycles. The lowest BCUT2D eigenvalue weighted by atomic mass is 10.1. The number of fused-ring (bicyclic) bond motifs is 1. The first-order valence-electron chi connectivity index (χ1n) is 9.67. The van der Waals surface area contributed by atoms with Crippen molar-refractivity contribution in [3.63, 3.8) is 0 Å². The number of hydrogen-bond acceptors (Lipinski definition) is 6. The average Bonchev–Trinajstić information content (AvgIpc) is 2.83. The second-order valence-corrected chi connectivity index (χ2v) is 7.75. The van der Waals surface area contributed by atoms with Gasteiger partial charge in [0, 0.05) is 6.07 Å². The molecule has 6 nitrogen and oxygen atoms in total. The molecule has 0 bridgehead atoms. The Bertz CT molecular complexity index is 1350. The highest BCUT2D eigenvalue weighted by Crippen LogP contribution is 2.28. The molecule has 0 spiro atoms. The summed E-state index contributed by atoms with van der Waals surface area (Å²) >= 11 is 1.13.